The standard InChI is InChI=1S/C29H14O2/c1-2-14-8-16-10-19-26-18(17-5-6-20-29(27(17)19)31-11-30-20)9-15-4-3-13-7-12(1)21-22(13)24(15)28(26)25(16)23(14)21/h1-6,9-10H,7-8,11H2. The van der Waals surface area contributed by atoms with E-state index in [-0.39, 0.29) is 0 Å². The van der Waals surface area contributed by atoms with Crippen molar-refractivity contribution in [3.63, 3.8) is 0 Å². The van der Waals surface area contributed by atoms with Gasteiger partial charge in [0.15, 0.2) is 11.5 Å². The van der Waals surface area contributed by atoms with Crippen LogP contribution in [0.2, 0.25) is 0 Å². The van der Waals surface area contributed by atoms with Crippen LogP contribution in [-0.2, 0) is 12.8 Å². The summed E-state index contributed by atoms with van der Waals surface area (Å²) in [7, 11) is 0. The molecule has 10 rings (SSSR count). The van der Waals surface area contributed by atoms with Crippen molar-refractivity contribution in [1.29, 1.82) is 0 Å². The minimum absolute atomic E-state index is 0.309. The van der Waals surface area contributed by atoms with Crippen molar-refractivity contribution in [1.82, 2.24) is 0 Å². The third-order valence-electron chi connectivity index (χ3n) is 8.29. The van der Waals surface area contributed by atoms with Gasteiger partial charge in [0.2, 0.25) is 6.79 Å². The lowest BCUT2D eigenvalue weighted by Gasteiger charge is -2.16. The van der Waals surface area contributed by atoms with Gasteiger partial charge in [-0.2, -0.15) is 0 Å². The predicted octanol–water partition coefficient (Wildman–Crippen LogP) is 6.92. The quantitative estimate of drug-likeness (QED) is 0.205. The second-order valence-electron chi connectivity index (χ2n) is 9.54. The molecule has 0 radical (unpaired) electrons. The summed E-state index contributed by atoms with van der Waals surface area (Å²) in [6, 6.07) is 18.6. The van der Waals surface area contributed by atoms with E-state index in [9.17, 15) is 0 Å². The van der Waals surface area contributed by atoms with Crippen LogP contribution >= 0.6 is 0 Å². The first kappa shape index (κ1) is 14.3. The van der Waals surface area contributed by atoms with Crippen LogP contribution in [0.5, 0.6) is 11.5 Å². The van der Waals surface area contributed by atoms with Gasteiger partial charge in [0.05, 0.1) is 0 Å². The molecule has 0 bridgehead atoms. The molecule has 0 saturated heterocycles. The summed E-state index contributed by atoms with van der Waals surface area (Å²) in [4.78, 5) is 0. The third kappa shape index (κ3) is 1.29. The Kier molecular flexibility index (Phi) is 1.92. The van der Waals surface area contributed by atoms with Crippen molar-refractivity contribution >= 4 is 43.1 Å². The molecule has 0 spiro atoms. The van der Waals surface area contributed by atoms with E-state index in [1.54, 1.807) is 0 Å². The molecular weight excluding hydrogens is 380 g/mol. The normalized spacial score (nSPS) is 15.9. The van der Waals surface area contributed by atoms with E-state index in [1.165, 1.54) is 87.6 Å². The minimum Gasteiger partial charge on any atom is -0.454 e. The van der Waals surface area contributed by atoms with Crippen LogP contribution in [0.15, 0.2) is 48.5 Å². The first-order valence-electron chi connectivity index (χ1n) is 11.0. The van der Waals surface area contributed by atoms with E-state index >= 15 is 0 Å². The molecule has 142 valence electrons. The van der Waals surface area contributed by atoms with Gasteiger partial charge in [0.25, 0.3) is 0 Å². The highest BCUT2D eigenvalue weighted by atomic mass is 16.7. The molecule has 0 fully saturated rings. The fourth-order valence-electron chi connectivity index (χ4n) is 7.24. The molecule has 0 aromatic heterocycles. The fraction of sp³-hybridized carbons (Fsp3) is 0.103. The van der Waals surface area contributed by atoms with Crippen molar-refractivity contribution in [2.75, 3.05) is 6.79 Å². The van der Waals surface area contributed by atoms with Crippen molar-refractivity contribution in [2.24, 2.45) is 0 Å². The fourth-order valence-corrected chi connectivity index (χ4v) is 7.24. The zero-order chi connectivity index (χ0) is 19.6. The van der Waals surface area contributed by atoms with E-state index < -0.39 is 0 Å². The zero-order valence-electron chi connectivity index (χ0n) is 16.6. The molecule has 31 heavy (non-hydrogen) atoms. The molecule has 0 amide bonds. The lowest BCUT2D eigenvalue weighted by molar-refractivity contribution is 0.174. The van der Waals surface area contributed by atoms with Crippen LogP contribution < -0.4 is 9.47 Å². The van der Waals surface area contributed by atoms with Crippen LogP contribution in [0.4, 0.5) is 0 Å². The maximum atomic E-state index is 6.00. The summed E-state index contributed by atoms with van der Waals surface area (Å²) in [6.07, 6.45) is 2.09. The van der Waals surface area contributed by atoms with E-state index in [0.29, 0.717) is 6.79 Å². The molecular formula is C29H14O2. The first-order valence-corrected chi connectivity index (χ1v) is 11.0. The van der Waals surface area contributed by atoms with Gasteiger partial charge in [0.1, 0.15) is 0 Å². The van der Waals surface area contributed by atoms with E-state index in [0.717, 1.165) is 24.3 Å². The summed E-state index contributed by atoms with van der Waals surface area (Å²) >= 11 is 0. The number of ether oxygens (including phenoxy) is 2. The summed E-state index contributed by atoms with van der Waals surface area (Å²) < 4.78 is 11.7. The molecule has 1 aliphatic heterocycles. The van der Waals surface area contributed by atoms with Crippen LogP contribution in [0, 0.1) is 0 Å². The summed E-state index contributed by atoms with van der Waals surface area (Å²) in [6.45, 7) is 0.309. The van der Waals surface area contributed by atoms with E-state index in [4.69, 9.17) is 9.47 Å². The number of fused-ring (bicyclic) bond motifs is 5. The molecule has 3 aliphatic carbocycles. The SMILES string of the molecule is c1cc2c(c3c1OCO3)-c1cc3c4c5c(ccc6c5c5c(ccc7cc-2c1c4c75)C6)C3. The Morgan fingerprint density at radius 3 is 2.13 bits per heavy atom. The minimum atomic E-state index is 0.309. The molecule has 1 heterocycles. The van der Waals surface area contributed by atoms with Crippen molar-refractivity contribution < 1.29 is 9.47 Å². The average Bonchev–Trinajstić information content (AvgIpc) is 3.54. The van der Waals surface area contributed by atoms with E-state index in [2.05, 4.69) is 48.5 Å². The molecule has 0 atom stereocenters. The van der Waals surface area contributed by atoms with Gasteiger partial charge in [-0.3, -0.25) is 0 Å². The van der Waals surface area contributed by atoms with Gasteiger partial charge in [-0.15, -0.1) is 0 Å². The Morgan fingerprint density at radius 2 is 1.26 bits per heavy atom. The second-order valence-corrected chi connectivity index (χ2v) is 9.54. The smallest absolute Gasteiger partial charge is 0.231 e. The Bertz CT molecular complexity index is 1910. The monoisotopic (exact) mass is 394 g/mol. The first-order chi connectivity index (χ1) is 15.4. The largest absolute Gasteiger partial charge is 0.454 e. The molecule has 0 unspecified atom stereocenters. The summed E-state index contributed by atoms with van der Waals surface area (Å²) in [5, 5.41) is 11.8. The van der Waals surface area contributed by atoms with Crippen molar-refractivity contribution in [3.8, 4) is 33.8 Å². The maximum absolute atomic E-state index is 6.00. The molecule has 0 saturated carbocycles. The highest BCUT2D eigenvalue weighted by molar-refractivity contribution is 6.41. The number of benzene rings is 6. The predicted molar refractivity (Wildman–Crippen MR) is 124 cm³/mol. The highest BCUT2D eigenvalue weighted by Gasteiger charge is 2.35. The third-order valence-corrected chi connectivity index (χ3v) is 8.29. The molecule has 0 N–H and O–H groups in total. The van der Waals surface area contributed by atoms with Crippen LogP contribution in [0.25, 0.3) is 65.3 Å². The molecule has 2 nitrogen and oxygen atoms in total. The summed E-state index contributed by atoms with van der Waals surface area (Å²) in [5.41, 5.74) is 11.1. The van der Waals surface area contributed by atoms with Gasteiger partial charge < -0.3 is 9.47 Å². The number of rotatable bonds is 0. The van der Waals surface area contributed by atoms with Gasteiger partial charge in [0, 0.05) is 5.56 Å². The lowest BCUT2D eigenvalue weighted by Crippen LogP contribution is -1.93. The zero-order valence-corrected chi connectivity index (χ0v) is 16.6. The van der Waals surface area contributed by atoms with Crippen LogP contribution in [0.1, 0.15) is 22.3 Å². The van der Waals surface area contributed by atoms with Gasteiger partial charge in [-0.1, -0.05) is 24.3 Å². The molecule has 6 aromatic rings. The molecule has 2 heteroatoms. The molecule has 6 aromatic carbocycles. The lowest BCUT2D eigenvalue weighted by atomic mass is 9.87. The Hall–Kier alpha value is -3.78. The highest BCUT2D eigenvalue weighted by Crippen LogP contribution is 2.60. The second kappa shape index (κ2) is 4.17. The van der Waals surface area contributed by atoms with E-state index in [1.807, 2.05) is 0 Å². The van der Waals surface area contributed by atoms with Crippen LogP contribution in [0.3, 0.4) is 0 Å². The maximum Gasteiger partial charge on any atom is 0.231 e. The number of hydrogen-bond donors (Lipinski definition) is 0. The molecule has 4 aliphatic rings. The van der Waals surface area contributed by atoms with Crippen molar-refractivity contribution in [3.05, 3.63) is 70.8 Å². The Morgan fingerprint density at radius 1 is 0.516 bits per heavy atom. The van der Waals surface area contributed by atoms with Crippen LogP contribution in [-0.4, -0.2) is 6.79 Å². The van der Waals surface area contributed by atoms with Gasteiger partial charge in [-0.05, 0) is 119 Å². The van der Waals surface area contributed by atoms with Gasteiger partial charge >= 0.3 is 0 Å². The average molecular weight is 394 g/mol. The Balaban J connectivity index is 1.58. The van der Waals surface area contributed by atoms with Crippen molar-refractivity contribution in [2.45, 2.75) is 12.8 Å². The van der Waals surface area contributed by atoms with Gasteiger partial charge in [-0.25, -0.2) is 0 Å². The number of hydrogen-bond acceptors (Lipinski definition) is 2. The Labute approximate surface area is 176 Å². The summed E-state index contributed by atoms with van der Waals surface area (Å²) in [5.74, 6) is 1.78. The topological polar surface area (TPSA) is 18.5 Å².